The highest BCUT2D eigenvalue weighted by atomic mass is 32.1. The third kappa shape index (κ3) is 13.8. The normalized spacial score (nSPS) is 19.3. The number of hydrogen-bond acceptors (Lipinski definition) is 16. The molecule has 0 saturated carbocycles. The average Bonchev–Trinajstić information content (AvgIpc) is 3.96. The number of anilines is 2. The van der Waals surface area contributed by atoms with Gasteiger partial charge in [0.1, 0.15) is 24.4 Å². The van der Waals surface area contributed by atoms with Crippen molar-refractivity contribution in [3.63, 3.8) is 0 Å². The van der Waals surface area contributed by atoms with Gasteiger partial charge in [0.25, 0.3) is 0 Å². The number of phenols is 1. The number of nitrogens with one attached hydrogen (secondary N) is 2. The fourth-order valence-corrected chi connectivity index (χ4v) is 10.2. The van der Waals surface area contributed by atoms with Crippen LogP contribution < -0.4 is 21.3 Å². The molecule has 3 aliphatic heterocycles. The van der Waals surface area contributed by atoms with Crippen molar-refractivity contribution in [3.05, 3.63) is 71.4 Å². The Morgan fingerprint density at radius 3 is 2.37 bits per heavy atom. The molecule has 6 N–H and O–H groups in total. The first-order valence-corrected chi connectivity index (χ1v) is 25.3. The Morgan fingerprint density at radius 2 is 1.67 bits per heavy atom. The maximum absolute atomic E-state index is 14.0. The summed E-state index contributed by atoms with van der Waals surface area (Å²) < 4.78 is 23.5. The second-order valence-electron chi connectivity index (χ2n) is 19.7. The number of nitrogen functional groups attached to an aromatic ring is 1. The number of aryl methyl sites for hydroxylation is 1. The number of hydrogen-bond donors (Lipinski definition) is 5. The largest absolute Gasteiger partial charge is 0.507 e. The van der Waals surface area contributed by atoms with E-state index in [9.17, 15) is 24.6 Å². The van der Waals surface area contributed by atoms with Crippen LogP contribution in [0.15, 0.2) is 60.1 Å². The van der Waals surface area contributed by atoms with Crippen molar-refractivity contribution in [2.24, 2.45) is 5.41 Å². The van der Waals surface area contributed by atoms with Gasteiger partial charge in [0.05, 0.1) is 78.2 Å². The van der Waals surface area contributed by atoms with Gasteiger partial charge in [0, 0.05) is 51.3 Å². The van der Waals surface area contributed by atoms with Crippen LogP contribution >= 0.6 is 11.3 Å². The predicted octanol–water partition coefficient (Wildman–Crippen LogP) is 4.73. The Bertz CT molecular complexity index is 2350. The number of unbranched alkanes of at least 4 members (excludes halogenated alkanes) is 1. The SMILES string of the molecule is Cc1ncsc1-c1ccc([C@H](C)NC(=O)[C@@H]2C[C@@H](O)CN2C(=O)[C@@H](NC(=O)COCCOCCOCCCCN2CCOC3(CCN(c4cc(-c5ccccc5O)nnc4N)CC3)C2)C(C)(C)C)cc1. The number of phenolic OH excluding ortho intramolecular Hbond substituents is 1. The third-order valence-electron chi connectivity index (χ3n) is 13.4. The van der Waals surface area contributed by atoms with Crippen molar-refractivity contribution in [3.8, 4) is 27.4 Å². The lowest BCUT2D eigenvalue weighted by molar-refractivity contribution is -0.144. The van der Waals surface area contributed by atoms with Gasteiger partial charge in [-0.1, -0.05) is 57.2 Å². The summed E-state index contributed by atoms with van der Waals surface area (Å²) in [6, 6.07) is 14.7. The number of benzene rings is 2. The number of amides is 3. The second kappa shape index (κ2) is 24.2. The van der Waals surface area contributed by atoms with Gasteiger partial charge in [-0.2, -0.15) is 0 Å². The number of carbonyl (C=O) groups is 3. The number of aliphatic hydroxyl groups excluding tert-OH is 1. The number of thiazole rings is 1. The molecule has 380 valence electrons. The van der Waals surface area contributed by atoms with Crippen LogP contribution in [0.5, 0.6) is 5.75 Å². The summed E-state index contributed by atoms with van der Waals surface area (Å²) in [6.07, 6.45) is 2.91. The molecular formula is C51H71N9O9S. The molecule has 2 aromatic carbocycles. The van der Waals surface area contributed by atoms with E-state index in [1.807, 2.05) is 82.6 Å². The first-order chi connectivity index (χ1) is 33.6. The second-order valence-corrected chi connectivity index (χ2v) is 20.5. The minimum absolute atomic E-state index is 0.0142. The van der Waals surface area contributed by atoms with E-state index in [0.717, 1.165) is 85.8 Å². The number of para-hydroxylation sites is 1. The van der Waals surface area contributed by atoms with Gasteiger partial charge < -0.3 is 55.3 Å². The molecule has 4 aromatic rings. The standard InChI is InChI=1S/C51H71N9O9S/c1-34(36-12-14-37(15-13-36)45-35(2)53-33-70-45)54-48(64)42-28-38(61)30-60(42)49(65)46(50(3,4)5)55-44(63)31-68-27-26-67-25-24-66-22-9-8-18-58-21-23-69-51(32-58)16-19-59(20-17-51)41-29-40(56-57-47(41)52)39-10-6-7-11-43(39)62/h6-7,10-15,29,33-34,38,42,46,61-62H,8-9,16-28,30-32H2,1-5H3,(H2,52,57)(H,54,64)(H,55,63)/t34-,38+,42-,46+/m0/s1. The maximum Gasteiger partial charge on any atom is 0.246 e. The zero-order valence-corrected chi connectivity index (χ0v) is 42.0. The molecule has 2 aromatic heterocycles. The molecule has 5 heterocycles. The van der Waals surface area contributed by atoms with E-state index in [0.29, 0.717) is 43.5 Å². The van der Waals surface area contributed by atoms with Crippen LogP contribution in [-0.2, 0) is 33.3 Å². The molecule has 3 amide bonds. The topological polar surface area (TPSA) is 227 Å². The third-order valence-corrected chi connectivity index (χ3v) is 14.4. The number of aromatic nitrogens is 3. The molecule has 0 aliphatic carbocycles. The molecule has 18 nitrogen and oxygen atoms in total. The number of aromatic hydroxyl groups is 1. The smallest absolute Gasteiger partial charge is 0.246 e. The summed E-state index contributed by atoms with van der Waals surface area (Å²) in [4.78, 5) is 52.3. The van der Waals surface area contributed by atoms with Crippen LogP contribution in [0.25, 0.3) is 21.7 Å². The molecule has 70 heavy (non-hydrogen) atoms. The monoisotopic (exact) mass is 986 g/mol. The van der Waals surface area contributed by atoms with Crippen LogP contribution in [0.2, 0.25) is 0 Å². The van der Waals surface area contributed by atoms with E-state index < -0.39 is 35.4 Å². The van der Waals surface area contributed by atoms with Crippen LogP contribution in [0, 0.1) is 12.3 Å². The highest BCUT2D eigenvalue weighted by Gasteiger charge is 2.45. The van der Waals surface area contributed by atoms with Crippen LogP contribution in [-0.4, -0.2) is 162 Å². The predicted molar refractivity (Wildman–Crippen MR) is 268 cm³/mol. The van der Waals surface area contributed by atoms with E-state index >= 15 is 0 Å². The van der Waals surface area contributed by atoms with Crippen molar-refractivity contribution < 1.29 is 43.5 Å². The van der Waals surface area contributed by atoms with E-state index in [1.54, 1.807) is 23.5 Å². The van der Waals surface area contributed by atoms with E-state index in [4.69, 9.17) is 24.7 Å². The maximum atomic E-state index is 14.0. The summed E-state index contributed by atoms with van der Waals surface area (Å²) in [5.41, 5.74) is 12.1. The molecule has 1 spiro atoms. The summed E-state index contributed by atoms with van der Waals surface area (Å²) >= 11 is 1.58. The van der Waals surface area contributed by atoms with Gasteiger partial charge in [0.15, 0.2) is 5.82 Å². The van der Waals surface area contributed by atoms with Crippen LogP contribution in [0.4, 0.5) is 11.5 Å². The molecule has 3 aliphatic rings. The molecule has 3 saturated heterocycles. The molecule has 0 radical (unpaired) electrons. The molecule has 3 fully saturated rings. The first kappa shape index (κ1) is 52.5. The van der Waals surface area contributed by atoms with Crippen molar-refractivity contribution in [2.45, 2.75) is 96.6 Å². The quantitative estimate of drug-likeness (QED) is 0.0712. The number of nitrogens with two attached hydrogens (primary N) is 1. The molecule has 0 bridgehead atoms. The minimum Gasteiger partial charge on any atom is -0.507 e. The number of rotatable bonds is 21. The molecule has 19 heteroatoms. The van der Waals surface area contributed by atoms with E-state index in [2.05, 4.69) is 35.6 Å². The van der Waals surface area contributed by atoms with Gasteiger partial charge in [-0.25, -0.2) is 4.98 Å². The average molecular weight is 986 g/mol. The minimum atomic E-state index is -0.961. The summed E-state index contributed by atoms with van der Waals surface area (Å²) in [7, 11) is 0. The number of nitrogens with zero attached hydrogens (tertiary/aromatic N) is 6. The Labute approximate surface area is 415 Å². The lowest BCUT2D eigenvalue weighted by Gasteiger charge is -2.48. The fraction of sp³-hybridized carbons (Fsp3) is 0.569. The van der Waals surface area contributed by atoms with Crippen LogP contribution in [0.3, 0.4) is 0 Å². The van der Waals surface area contributed by atoms with Crippen molar-refractivity contribution >= 4 is 40.6 Å². The van der Waals surface area contributed by atoms with Gasteiger partial charge in [-0.3, -0.25) is 19.3 Å². The number of ether oxygens (including phenoxy) is 4. The summed E-state index contributed by atoms with van der Waals surface area (Å²) in [6.45, 7) is 16.1. The number of aliphatic hydroxyl groups is 1. The zero-order chi connectivity index (χ0) is 49.8. The molecule has 0 unspecified atom stereocenters. The van der Waals surface area contributed by atoms with Gasteiger partial charge in [-0.05, 0) is 80.8 Å². The molecule has 4 atom stereocenters. The highest BCUT2D eigenvalue weighted by molar-refractivity contribution is 7.13. The van der Waals surface area contributed by atoms with Gasteiger partial charge in [-0.15, -0.1) is 21.5 Å². The first-order valence-electron chi connectivity index (χ1n) is 24.5. The van der Waals surface area contributed by atoms with Gasteiger partial charge in [0.2, 0.25) is 17.7 Å². The van der Waals surface area contributed by atoms with Crippen molar-refractivity contribution in [1.29, 1.82) is 0 Å². The number of β-amino-alcohol motifs (C(OH)–C–C–N with tert-alkyl or cyclic N) is 1. The highest BCUT2D eigenvalue weighted by Crippen LogP contribution is 2.37. The van der Waals surface area contributed by atoms with Crippen molar-refractivity contribution in [2.75, 3.05) is 96.2 Å². The van der Waals surface area contributed by atoms with E-state index in [1.165, 1.54) is 4.90 Å². The lowest BCUT2D eigenvalue weighted by atomic mass is 9.85. The van der Waals surface area contributed by atoms with Crippen LogP contribution in [0.1, 0.15) is 77.1 Å². The fourth-order valence-electron chi connectivity index (χ4n) is 9.40. The number of piperidine rings is 1. The Kier molecular flexibility index (Phi) is 18.2. The summed E-state index contributed by atoms with van der Waals surface area (Å²) in [5, 5.41) is 35.3. The Hall–Kier alpha value is -5.28. The Morgan fingerprint density at radius 1 is 0.957 bits per heavy atom. The van der Waals surface area contributed by atoms with Crippen molar-refractivity contribution in [1.82, 2.24) is 35.6 Å². The number of likely N-dealkylation sites (tertiary alicyclic amines) is 1. The summed E-state index contributed by atoms with van der Waals surface area (Å²) in [5.74, 6) is -0.747. The lowest BCUT2D eigenvalue weighted by Crippen LogP contribution is -2.58. The zero-order valence-electron chi connectivity index (χ0n) is 41.2. The van der Waals surface area contributed by atoms with Gasteiger partial charge >= 0.3 is 0 Å². The Balaban J connectivity index is 0.743. The molecular weight excluding hydrogens is 915 g/mol. The molecule has 7 rings (SSSR count). The number of carbonyl (C=O) groups excluding carboxylic acids is 3. The van der Waals surface area contributed by atoms with E-state index in [-0.39, 0.29) is 56.1 Å². The number of morpholine rings is 1.